The Labute approximate surface area is 127 Å². The maximum Gasteiger partial charge on any atom is 0.387 e. The third kappa shape index (κ3) is 5.05. The first kappa shape index (κ1) is 15.8. The van der Waals surface area contributed by atoms with Crippen molar-refractivity contribution in [1.82, 2.24) is 5.32 Å². The lowest BCUT2D eigenvalue weighted by Gasteiger charge is -2.09. The number of halogens is 2. The zero-order valence-corrected chi connectivity index (χ0v) is 12.0. The Morgan fingerprint density at radius 2 is 1.91 bits per heavy atom. The Hall–Kier alpha value is -2.63. The van der Waals surface area contributed by atoms with Crippen LogP contribution in [0, 0.1) is 6.92 Å². The molecule has 0 fully saturated rings. The molecule has 0 radical (unpaired) electrons. The Morgan fingerprint density at radius 1 is 1.18 bits per heavy atom. The van der Waals surface area contributed by atoms with E-state index in [4.69, 9.17) is 0 Å². The fourth-order valence-corrected chi connectivity index (χ4v) is 1.87. The molecular formula is C16H16F2N2O2. The van der Waals surface area contributed by atoms with Crippen molar-refractivity contribution in [2.75, 3.05) is 5.32 Å². The molecule has 22 heavy (non-hydrogen) atoms. The average molecular weight is 306 g/mol. The number of anilines is 1. The van der Waals surface area contributed by atoms with Gasteiger partial charge >= 0.3 is 12.6 Å². The number of hydrogen-bond acceptors (Lipinski definition) is 2. The summed E-state index contributed by atoms with van der Waals surface area (Å²) < 4.78 is 28.3. The number of amides is 2. The van der Waals surface area contributed by atoms with Gasteiger partial charge in [0, 0.05) is 12.2 Å². The summed E-state index contributed by atoms with van der Waals surface area (Å²) in [6.07, 6.45) is 0. The molecule has 0 heterocycles. The van der Waals surface area contributed by atoms with E-state index in [2.05, 4.69) is 15.4 Å². The molecule has 2 aromatic carbocycles. The number of alkyl halides is 2. The van der Waals surface area contributed by atoms with Crippen LogP contribution in [-0.4, -0.2) is 12.6 Å². The zero-order chi connectivity index (χ0) is 15.9. The lowest BCUT2D eigenvalue weighted by molar-refractivity contribution is -0.0498. The number of nitrogens with one attached hydrogen (secondary N) is 2. The smallest absolute Gasteiger partial charge is 0.387 e. The third-order valence-electron chi connectivity index (χ3n) is 2.88. The maximum atomic E-state index is 12.0. The van der Waals surface area contributed by atoms with Gasteiger partial charge in [0.25, 0.3) is 0 Å². The van der Waals surface area contributed by atoms with E-state index in [9.17, 15) is 13.6 Å². The molecule has 0 bridgehead atoms. The topological polar surface area (TPSA) is 50.4 Å². The SMILES string of the molecule is Cc1cccc(NC(=O)NCc2ccc(OC(F)F)cc2)c1. The fraction of sp³-hybridized carbons (Fsp3) is 0.188. The standard InChI is InChI=1S/C16H16F2N2O2/c1-11-3-2-4-13(9-11)20-16(21)19-10-12-5-7-14(8-6-12)22-15(17)18/h2-9,15H,10H2,1H3,(H2,19,20,21). The van der Waals surface area contributed by atoms with Gasteiger partial charge in [-0.2, -0.15) is 8.78 Å². The lowest BCUT2D eigenvalue weighted by Crippen LogP contribution is -2.28. The Kier molecular flexibility index (Phi) is 5.30. The van der Waals surface area contributed by atoms with Crippen LogP contribution in [0.3, 0.4) is 0 Å². The van der Waals surface area contributed by atoms with E-state index in [1.54, 1.807) is 18.2 Å². The zero-order valence-electron chi connectivity index (χ0n) is 12.0. The van der Waals surface area contributed by atoms with Gasteiger partial charge in [-0.1, -0.05) is 24.3 Å². The second-order valence-corrected chi connectivity index (χ2v) is 4.70. The monoisotopic (exact) mass is 306 g/mol. The quantitative estimate of drug-likeness (QED) is 0.879. The van der Waals surface area contributed by atoms with E-state index < -0.39 is 6.61 Å². The van der Waals surface area contributed by atoms with Crippen LogP contribution in [-0.2, 0) is 6.54 Å². The number of carbonyl (C=O) groups is 1. The molecule has 0 saturated carbocycles. The summed E-state index contributed by atoms with van der Waals surface area (Å²) in [7, 11) is 0. The molecule has 2 amide bonds. The number of carbonyl (C=O) groups excluding carboxylic acids is 1. The van der Waals surface area contributed by atoms with Crippen LogP contribution in [0.15, 0.2) is 48.5 Å². The van der Waals surface area contributed by atoms with Gasteiger partial charge in [-0.3, -0.25) is 0 Å². The highest BCUT2D eigenvalue weighted by atomic mass is 19.3. The van der Waals surface area contributed by atoms with Gasteiger partial charge < -0.3 is 15.4 Å². The fourth-order valence-electron chi connectivity index (χ4n) is 1.87. The number of urea groups is 1. The van der Waals surface area contributed by atoms with Crippen molar-refractivity contribution >= 4 is 11.7 Å². The number of benzene rings is 2. The van der Waals surface area contributed by atoms with Crippen LogP contribution in [0.2, 0.25) is 0 Å². The third-order valence-corrected chi connectivity index (χ3v) is 2.88. The summed E-state index contributed by atoms with van der Waals surface area (Å²) in [6, 6.07) is 13.2. The summed E-state index contributed by atoms with van der Waals surface area (Å²) in [6.45, 7) is -0.622. The van der Waals surface area contributed by atoms with Crippen LogP contribution in [0.4, 0.5) is 19.3 Å². The molecule has 2 aromatic rings. The minimum Gasteiger partial charge on any atom is -0.435 e. The summed E-state index contributed by atoms with van der Waals surface area (Å²) in [5.74, 6) is 0.0861. The van der Waals surface area contributed by atoms with E-state index in [-0.39, 0.29) is 18.3 Å². The van der Waals surface area contributed by atoms with E-state index in [0.717, 1.165) is 11.1 Å². The molecule has 0 aliphatic rings. The van der Waals surface area contributed by atoms with Crippen LogP contribution < -0.4 is 15.4 Å². The predicted molar refractivity (Wildman–Crippen MR) is 80.1 cm³/mol. The second-order valence-electron chi connectivity index (χ2n) is 4.70. The van der Waals surface area contributed by atoms with Gasteiger partial charge in [-0.05, 0) is 42.3 Å². The summed E-state index contributed by atoms with van der Waals surface area (Å²) >= 11 is 0. The molecule has 0 saturated heterocycles. The van der Waals surface area contributed by atoms with Crippen LogP contribution >= 0.6 is 0 Å². The Balaban J connectivity index is 1.83. The van der Waals surface area contributed by atoms with Gasteiger partial charge in [0.15, 0.2) is 0 Å². The molecule has 0 aliphatic carbocycles. The normalized spacial score (nSPS) is 10.4. The lowest BCUT2D eigenvalue weighted by atomic mass is 10.2. The molecule has 0 unspecified atom stereocenters. The molecule has 0 aliphatic heterocycles. The van der Waals surface area contributed by atoms with E-state index >= 15 is 0 Å². The number of ether oxygens (including phenoxy) is 1. The molecule has 116 valence electrons. The number of rotatable bonds is 5. The molecular weight excluding hydrogens is 290 g/mol. The Bertz CT molecular complexity index is 630. The molecule has 4 nitrogen and oxygen atoms in total. The highest BCUT2D eigenvalue weighted by Crippen LogP contribution is 2.15. The predicted octanol–water partition coefficient (Wildman–Crippen LogP) is 3.92. The van der Waals surface area contributed by atoms with Crippen molar-refractivity contribution in [2.45, 2.75) is 20.1 Å². The van der Waals surface area contributed by atoms with Crippen molar-refractivity contribution < 1.29 is 18.3 Å². The number of hydrogen-bond donors (Lipinski definition) is 2. The largest absolute Gasteiger partial charge is 0.435 e. The van der Waals surface area contributed by atoms with Gasteiger partial charge in [0.1, 0.15) is 5.75 Å². The summed E-state index contributed by atoms with van der Waals surface area (Å²) in [5.41, 5.74) is 2.53. The summed E-state index contributed by atoms with van der Waals surface area (Å²) in [5, 5.41) is 5.40. The van der Waals surface area contributed by atoms with Crippen molar-refractivity contribution in [3.05, 3.63) is 59.7 Å². The van der Waals surface area contributed by atoms with Crippen molar-refractivity contribution in [2.24, 2.45) is 0 Å². The maximum absolute atomic E-state index is 12.0. The highest BCUT2D eigenvalue weighted by Gasteiger charge is 2.05. The van der Waals surface area contributed by atoms with Crippen molar-refractivity contribution in [3.8, 4) is 5.75 Å². The van der Waals surface area contributed by atoms with E-state index in [0.29, 0.717) is 5.69 Å². The second kappa shape index (κ2) is 7.40. The van der Waals surface area contributed by atoms with Crippen LogP contribution in [0.1, 0.15) is 11.1 Å². The number of aryl methyl sites for hydroxylation is 1. The van der Waals surface area contributed by atoms with Gasteiger partial charge in [-0.15, -0.1) is 0 Å². The first-order valence-electron chi connectivity index (χ1n) is 6.68. The average Bonchev–Trinajstić information content (AvgIpc) is 2.46. The first-order chi connectivity index (χ1) is 10.5. The summed E-state index contributed by atoms with van der Waals surface area (Å²) in [4.78, 5) is 11.8. The van der Waals surface area contributed by atoms with Gasteiger partial charge in [-0.25, -0.2) is 4.79 Å². The van der Waals surface area contributed by atoms with Gasteiger partial charge in [0.05, 0.1) is 0 Å². The van der Waals surface area contributed by atoms with Crippen molar-refractivity contribution in [3.63, 3.8) is 0 Å². The molecule has 2 N–H and O–H groups in total. The van der Waals surface area contributed by atoms with Gasteiger partial charge in [0.2, 0.25) is 0 Å². The van der Waals surface area contributed by atoms with Crippen LogP contribution in [0.5, 0.6) is 5.75 Å². The first-order valence-corrected chi connectivity index (χ1v) is 6.68. The molecule has 2 rings (SSSR count). The van der Waals surface area contributed by atoms with Crippen LogP contribution in [0.25, 0.3) is 0 Å². The minimum atomic E-state index is -2.84. The Morgan fingerprint density at radius 3 is 2.55 bits per heavy atom. The van der Waals surface area contributed by atoms with Crippen molar-refractivity contribution in [1.29, 1.82) is 0 Å². The molecule has 0 atom stereocenters. The van der Waals surface area contributed by atoms with E-state index in [1.807, 2.05) is 25.1 Å². The molecule has 0 spiro atoms. The van der Waals surface area contributed by atoms with E-state index in [1.165, 1.54) is 12.1 Å². The molecule has 0 aromatic heterocycles. The minimum absolute atomic E-state index is 0.0861. The highest BCUT2D eigenvalue weighted by molar-refractivity contribution is 5.89. The molecule has 6 heteroatoms.